The molecule has 0 aliphatic carbocycles. The average molecular weight is 269 g/mol. The maximum atomic E-state index is 5.82. The smallest absolute Gasteiger partial charge is 0.149 e. The molecule has 1 aliphatic heterocycles. The zero-order chi connectivity index (χ0) is 12.8. The number of aromatic nitrogens is 2. The first-order chi connectivity index (χ1) is 8.78. The highest BCUT2D eigenvalue weighted by Gasteiger charge is 2.18. The molecule has 1 fully saturated rings. The fraction of sp³-hybridized carbons (Fsp3) is 0.692. The first kappa shape index (κ1) is 13.6. The number of rotatable bonds is 5. The molecule has 1 aliphatic rings. The van der Waals surface area contributed by atoms with E-state index in [9.17, 15) is 0 Å². The lowest BCUT2D eigenvalue weighted by Gasteiger charge is -2.32. The van der Waals surface area contributed by atoms with Crippen LogP contribution in [0.5, 0.6) is 0 Å². The van der Waals surface area contributed by atoms with Gasteiger partial charge in [-0.1, -0.05) is 24.9 Å². The summed E-state index contributed by atoms with van der Waals surface area (Å²) in [4.78, 5) is 10.8. The van der Waals surface area contributed by atoms with E-state index in [4.69, 9.17) is 11.6 Å². The van der Waals surface area contributed by atoms with Gasteiger partial charge in [0.05, 0.1) is 12.4 Å². The Bertz CT molecular complexity index is 364. The van der Waals surface area contributed by atoms with Gasteiger partial charge in [-0.2, -0.15) is 0 Å². The van der Waals surface area contributed by atoms with E-state index in [0.717, 1.165) is 18.7 Å². The number of halogens is 1. The minimum Gasteiger partial charge on any atom is -0.366 e. The van der Waals surface area contributed by atoms with Crippen LogP contribution in [0.25, 0.3) is 0 Å². The van der Waals surface area contributed by atoms with Crippen molar-refractivity contribution in [1.29, 1.82) is 0 Å². The van der Waals surface area contributed by atoms with Crippen LogP contribution in [-0.4, -0.2) is 40.5 Å². The zero-order valence-corrected chi connectivity index (χ0v) is 11.7. The van der Waals surface area contributed by atoms with Gasteiger partial charge in [0.15, 0.2) is 0 Å². The molecule has 0 saturated carbocycles. The van der Waals surface area contributed by atoms with Crippen LogP contribution in [0.15, 0.2) is 12.4 Å². The molecule has 0 unspecified atom stereocenters. The minimum atomic E-state index is 0.445. The van der Waals surface area contributed by atoms with Crippen molar-refractivity contribution >= 4 is 17.4 Å². The predicted molar refractivity (Wildman–Crippen MR) is 75.0 cm³/mol. The van der Waals surface area contributed by atoms with E-state index in [1.807, 2.05) is 0 Å². The van der Waals surface area contributed by atoms with Crippen LogP contribution in [0.3, 0.4) is 0 Å². The van der Waals surface area contributed by atoms with Crippen LogP contribution in [0.2, 0.25) is 5.15 Å². The second kappa shape index (κ2) is 6.90. The zero-order valence-electron chi connectivity index (χ0n) is 10.9. The Morgan fingerprint density at radius 3 is 2.83 bits per heavy atom. The maximum absolute atomic E-state index is 5.82. The lowest BCUT2D eigenvalue weighted by molar-refractivity contribution is 0.216. The van der Waals surface area contributed by atoms with Gasteiger partial charge < -0.3 is 10.2 Å². The van der Waals surface area contributed by atoms with Gasteiger partial charge in [-0.25, -0.2) is 4.98 Å². The fourth-order valence-electron chi connectivity index (χ4n) is 2.30. The third-order valence-electron chi connectivity index (χ3n) is 3.37. The largest absolute Gasteiger partial charge is 0.366 e. The Hall–Kier alpha value is -0.870. The summed E-state index contributed by atoms with van der Waals surface area (Å²) in [7, 11) is 0. The molecule has 1 N–H and O–H groups in total. The number of unbranched alkanes of at least 4 members (excludes halogenated alkanes) is 1. The van der Waals surface area contributed by atoms with Crippen LogP contribution >= 0.6 is 11.6 Å². The first-order valence-electron chi connectivity index (χ1n) is 6.74. The second-order valence-electron chi connectivity index (χ2n) is 4.84. The lowest BCUT2D eigenvalue weighted by Crippen LogP contribution is -2.39. The van der Waals surface area contributed by atoms with E-state index in [1.54, 1.807) is 12.4 Å². The van der Waals surface area contributed by atoms with Gasteiger partial charge in [0, 0.05) is 19.1 Å². The summed E-state index contributed by atoms with van der Waals surface area (Å²) >= 11 is 5.82. The highest BCUT2D eigenvalue weighted by atomic mass is 35.5. The molecule has 1 aromatic heterocycles. The van der Waals surface area contributed by atoms with Gasteiger partial charge in [0.25, 0.3) is 0 Å². The van der Waals surface area contributed by atoms with E-state index in [2.05, 4.69) is 27.1 Å². The molecule has 0 aromatic carbocycles. The molecular weight excluding hydrogens is 248 g/mol. The Kier molecular flexibility index (Phi) is 5.20. The van der Waals surface area contributed by atoms with Crippen molar-refractivity contribution in [3.05, 3.63) is 17.5 Å². The number of anilines is 1. The molecule has 0 radical (unpaired) electrons. The van der Waals surface area contributed by atoms with Gasteiger partial charge in [0.1, 0.15) is 11.0 Å². The van der Waals surface area contributed by atoms with Crippen molar-refractivity contribution in [3.8, 4) is 0 Å². The molecular formula is C13H21ClN4. The molecule has 18 heavy (non-hydrogen) atoms. The Morgan fingerprint density at radius 2 is 2.17 bits per heavy atom. The number of nitrogens with one attached hydrogen (secondary N) is 1. The van der Waals surface area contributed by atoms with E-state index >= 15 is 0 Å². The third-order valence-corrected chi connectivity index (χ3v) is 3.55. The topological polar surface area (TPSA) is 41.0 Å². The van der Waals surface area contributed by atoms with Gasteiger partial charge in [-0.3, -0.25) is 4.98 Å². The van der Waals surface area contributed by atoms with Crippen LogP contribution in [-0.2, 0) is 0 Å². The molecule has 2 rings (SSSR count). The predicted octanol–water partition coefficient (Wildman–Crippen LogP) is 2.81. The van der Waals surface area contributed by atoms with Gasteiger partial charge in [-0.05, 0) is 25.8 Å². The van der Waals surface area contributed by atoms with E-state index in [0.29, 0.717) is 11.2 Å². The summed E-state index contributed by atoms with van der Waals surface area (Å²) in [6, 6.07) is 0.496. The summed E-state index contributed by atoms with van der Waals surface area (Å²) in [6.45, 7) is 5.82. The van der Waals surface area contributed by atoms with Crippen LogP contribution < -0.4 is 5.32 Å². The van der Waals surface area contributed by atoms with E-state index in [-0.39, 0.29) is 0 Å². The van der Waals surface area contributed by atoms with Crippen molar-refractivity contribution < 1.29 is 0 Å². The first-order valence-corrected chi connectivity index (χ1v) is 7.12. The van der Waals surface area contributed by atoms with Gasteiger partial charge in [0.2, 0.25) is 0 Å². The fourth-order valence-corrected chi connectivity index (χ4v) is 2.45. The maximum Gasteiger partial charge on any atom is 0.149 e. The number of piperidine rings is 1. The molecule has 4 nitrogen and oxygen atoms in total. The molecule has 1 aromatic rings. The number of nitrogens with zero attached hydrogens (tertiary/aromatic N) is 3. The Labute approximate surface area is 114 Å². The van der Waals surface area contributed by atoms with Crippen LogP contribution in [0.1, 0.15) is 32.6 Å². The molecule has 100 valence electrons. The summed E-state index contributed by atoms with van der Waals surface area (Å²) in [5.74, 6) is 0.787. The van der Waals surface area contributed by atoms with Crippen molar-refractivity contribution in [2.45, 2.75) is 38.6 Å². The summed E-state index contributed by atoms with van der Waals surface area (Å²) in [6.07, 6.45) is 8.19. The van der Waals surface area contributed by atoms with Gasteiger partial charge in [-0.15, -0.1) is 0 Å². The minimum absolute atomic E-state index is 0.445. The molecule has 0 amide bonds. The summed E-state index contributed by atoms with van der Waals surface area (Å²) in [5, 5.41) is 3.86. The summed E-state index contributed by atoms with van der Waals surface area (Å²) in [5.41, 5.74) is 0. The number of likely N-dealkylation sites (tertiary alicyclic amines) is 1. The highest BCUT2D eigenvalue weighted by molar-refractivity contribution is 6.29. The lowest BCUT2D eigenvalue weighted by atomic mass is 10.0. The molecule has 0 atom stereocenters. The van der Waals surface area contributed by atoms with Crippen LogP contribution in [0, 0.1) is 0 Å². The Balaban J connectivity index is 1.76. The van der Waals surface area contributed by atoms with E-state index < -0.39 is 0 Å². The second-order valence-corrected chi connectivity index (χ2v) is 5.23. The number of hydrogen-bond acceptors (Lipinski definition) is 4. The standard InChI is InChI=1S/C13H21ClN4/c1-2-3-6-18-7-4-11(5-8-18)16-13-10-15-9-12(14)17-13/h9-11H,2-8H2,1H3,(H,16,17). The molecule has 1 saturated heterocycles. The highest BCUT2D eigenvalue weighted by Crippen LogP contribution is 2.16. The van der Waals surface area contributed by atoms with Crippen molar-refractivity contribution in [2.75, 3.05) is 25.0 Å². The molecule has 0 spiro atoms. The Morgan fingerprint density at radius 1 is 1.39 bits per heavy atom. The number of hydrogen-bond donors (Lipinski definition) is 1. The van der Waals surface area contributed by atoms with E-state index in [1.165, 1.54) is 32.5 Å². The average Bonchev–Trinajstić information content (AvgIpc) is 2.38. The SMILES string of the molecule is CCCCN1CCC(Nc2cncc(Cl)n2)CC1. The van der Waals surface area contributed by atoms with Crippen LogP contribution in [0.4, 0.5) is 5.82 Å². The third kappa shape index (κ3) is 4.10. The molecule has 0 bridgehead atoms. The molecule has 2 heterocycles. The van der Waals surface area contributed by atoms with Crippen molar-refractivity contribution in [3.63, 3.8) is 0 Å². The quantitative estimate of drug-likeness (QED) is 0.892. The molecule has 5 heteroatoms. The van der Waals surface area contributed by atoms with Crippen molar-refractivity contribution in [2.24, 2.45) is 0 Å². The monoisotopic (exact) mass is 268 g/mol. The van der Waals surface area contributed by atoms with Gasteiger partial charge >= 0.3 is 0 Å². The van der Waals surface area contributed by atoms with Crippen molar-refractivity contribution in [1.82, 2.24) is 14.9 Å². The summed E-state index contributed by atoms with van der Waals surface area (Å²) < 4.78 is 0. The normalized spacial score (nSPS) is 17.9.